The molecule has 1 atom stereocenters. The quantitative estimate of drug-likeness (QED) is 0.744. The van der Waals surface area contributed by atoms with E-state index in [2.05, 4.69) is 0 Å². The minimum atomic E-state index is -0.375. The third-order valence-corrected chi connectivity index (χ3v) is 3.51. The number of rotatable bonds is 1. The summed E-state index contributed by atoms with van der Waals surface area (Å²) in [5.74, 6) is -0.240. The summed E-state index contributed by atoms with van der Waals surface area (Å²) in [7, 11) is 0. The molecular formula is C14H14FNO. The van der Waals surface area contributed by atoms with E-state index in [-0.39, 0.29) is 22.9 Å². The highest BCUT2D eigenvalue weighted by Crippen LogP contribution is 2.44. The number of Topliss-reactive ketones (excluding diaryl/α,β-unsaturated/α-hetero) is 1. The second kappa shape index (κ2) is 3.96. The molecule has 17 heavy (non-hydrogen) atoms. The first kappa shape index (κ1) is 11.8. The van der Waals surface area contributed by atoms with Crippen LogP contribution < -0.4 is 0 Å². The molecule has 1 aromatic carbocycles. The first-order valence-electron chi connectivity index (χ1n) is 5.67. The summed E-state index contributed by atoms with van der Waals surface area (Å²) in [6.07, 6.45) is 1.07. The van der Waals surface area contributed by atoms with Crippen molar-refractivity contribution in [2.24, 2.45) is 5.41 Å². The average molecular weight is 231 g/mol. The highest BCUT2D eigenvalue weighted by molar-refractivity contribution is 5.87. The predicted molar refractivity (Wildman–Crippen MR) is 61.9 cm³/mol. The van der Waals surface area contributed by atoms with Crippen LogP contribution in [0.2, 0.25) is 0 Å². The largest absolute Gasteiger partial charge is 0.299 e. The molecule has 0 radical (unpaired) electrons. The summed E-state index contributed by atoms with van der Waals surface area (Å²) >= 11 is 0. The van der Waals surface area contributed by atoms with Gasteiger partial charge in [-0.25, -0.2) is 4.39 Å². The van der Waals surface area contributed by atoms with Crippen molar-refractivity contribution in [1.82, 2.24) is 0 Å². The maximum Gasteiger partial charge on any atom is 0.139 e. The minimum Gasteiger partial charge on any atom is -0.299 e. The number of hydrogen-bond donors (Lipinski definition) is 0. The fourth-order valence-corrected chi connectivity index (χ4v) is 2.45. The molecule has 0 N–H and O–H groups in total. The molecule has 1 aliphatic carbocycles. The maximum absolute atomic E-state index is 13.8. The fraction of sp³-hybridized carbons (Fsp3) is 0.429. The van der Waals surface area contributed by atoms with Gasteiger partial charge < -0.3 is 0 Å². The van der Waals surface area contributed by atoms with Crippen LogP contribution in [0.4, 0.5) is 4.39 Å². The third kappa shape index (κ3) is 2.08. The topological polar surface area (TPSA) is 40.9 Å². The van der Waals surface area contributed by atoms with Gasteiger partial charge in [0.15, 0.2) is 0 Å². The van der Waals surface area contributed by atoms with Gasteiger partial charge >= 0.3 is 0 Å². The second-order valence-electron chi connectivity index (χ2n) is 5.26. The maximum atomic E-state index is 13.8. The van der Waals surface area contributed by atoms with Crippen LogP contribution in [0.25, 0.3) is 0 Å². The molecule has 2 nitrogen and oxygen atoms in total. The molecule has 0 amide bonds. The van der Waals surface area contributed by atoms with Crippen LogP contribution >= 0.6 is 0 Å². The van der Waals surface area contributed by atoms with Crippen LogP contribution in [0.3, 0.4) is 0 Å². The van der Waals surface area contributed by atoms with Crippen molar-refractivity contribution in [1.29, 1.82) is 5.26 Å². The molecule has 3 heteroatoms. The van der Waals surface area contributed by atoms with Gasteiger partial charge in [-0.3, -0.25) is 4.79 Å². The van der Waals surface area contributed by atoms with Crippen molar-refractivity contribution in [2.75, 3.05) is 0 Å². The number of halogens is 1. The van der Waals surface area contributed by atoms with E-state index in [0.29, 0.717) is 24.0 Å². The Balaban J connectivity index is 2.32. The third-order valence-electron chi connectivity index (χ3n) is 3.51. The van der Waals surface area contributed by atoms with Gasteiger partial charge in [-0.1, -0.05) is 19.9 Å². The number of ketones is 1. The number of benzene rings is 1. The van der Waals surface area contributed by atoms with Crippen LogP contribution in [0.15, 0.2) is 18.2 Å². The van der Waals surface area contributed by atoms with Crippen LogP contribution in [0.1, 0.15) is 43.7 Å². The van der Waals surface area contributed by atoms with Crippen LogP contribution in [0, 0.1) is 22.6 Å². The van der Waals surface area contributed by atoms with Gasteiger partial charge in [0.1, 0.15) is 11.6 Å². The van der Waals surface area contributed by atoms with Gasteiger partial charge in [0.2, 0.25) is 0 Å². The second-order valence-corrected chi connectivity index (χ2v) is 5.26. The van der Waals surface area contributed by atoms with Crippen molar-refractivity contribution in [3.05, 3.63) is 35.1 Å². The van der Waals surface area contributed by atoms with Crippen LogP contribution in [-0.4, -0.2) is 5.78 Å². The zero-order valence-electron chi connectivity index (χ0n) is 9.96. The van der Waals surface area contributed by atoms with E-state index < -0.39 is 0 Å². The van der Waals surface area contributed by atoms with Crippen molar-refractivity contribution < 1.29 is 9.18 Å². The normalized spacial score (nSPS) is 22.5. The van der Waals surface area contributed by atoms with E-state index in [0.717, 1.165) is 0 Å². The van der Waals surface area contributed by atoms with Gasteiger partial charge in [-0.05, 0) is 30.0 Å². The van der Waals surface area contributed by atoms with Gasteiger partial charge in [-0.15, -0.1) is 0 Å². The monoisotopic (exact) mass is 231 g/mol. The van der Waals surface area contributed by atoms with E-state index >= 15 is 0 Å². The van der Waals surface area contributed by atoms with E-state index in [4.69, 9.17) is 5.26 Å². The van der Waals surface area contributed by atoms with Gasteiger partial charge in [-0.2, -0.15) is 5.26 Å². The SMILES string of the molecule is CC1(C)C[C@@H](c2ccc(C#N)cc2F)CC1=O. The van der Waals surface area contributed by atoms with Crippen molar-refractivity contribution in [3.8, 4) is 6.07 Å². The summed E-state index contributed by atoms with van der Waals surface area (Å²) < 4.78 is 13.8. The fourth-order valence-electron chi connectivity index (χ4n) is 2.45. The molecule has 1 fully saturated rings. The summed E-state index contributed by atoms with van der Waals surface area (Å²) in [5, 5.41) is 8.67. The highest BCUT2D eigenvalue weighted by Gasteiger charge is 2.40. The van der Waals surface area contributed by atoms with Gasteiger partial charge in [0, 0.05) is 11.8 Å². The molecule has 1 saturated carbocycles. The molecule has 0 heterocycles. The predicted octanol–water partition coefficient (Wildman–Crippen LogP) is 3.17. The van der Waals surface area contributed by atoms with E-state index in [9.17, 15) is 9.18 Å². The molecule has 0 spiro atoms. The van der Waals surface area contributed by atoms with Gasteiger partial charge in [0.05, 0.1) is 11.6 Å². The van der Waals surface area contributed by atoms with E-state index in [1.807, 2.05) is 19.9 Å². The lowest BCUT2D eigenvalue weighted by molar-refractivity contribution is -0.124. The van der Waals surface area contributed by atoms with Crippen molar-refractivity contribution in [2.45, 2.75) is 32.6 Å². The van der Waals surface area contributed by atoms with Crippen LogP contribution in [0.5, 0.6) is 0 Å². The smallest absolute Gasteiger partial charge is 0.139 e. The zero-order chi connectivity index (χ0) is 12.6. The van der Waals surface area contributed by atoms with E-state index in [1.165, 1.54) is 6.07 Å². The summed E-state index contributed by atoms with van der Waals surface area (Å²) in [4.78, 5) is 11.7. The van der Waals surface area contributed by atoms with E-state index in [1.54, 1.807) is 12.1 Å². The Morgan fingerprint density at radius 1 is 1.47 bits per heavy atom. The lowest BCUT2D eigenvalue weighted by Crippen LogP contribution is -2.15. The molecule has 0 saturated heterocycles. The molecule has 1 aromatic rings. The Morgan fingerprint density at radius 3 is 2.65 bits per heavy atom. The Morgan fingerprint density at radius 2 is 2.18 bits per heavy atom. The molecule has 0 bridgehead atoms. The highest BCUT2D eigenvalue weighted by atomic mass is 19.1. The average Bonchev–Trinajstić information content (AvgIpc) is 2.53. The molecule has 0 aliphatic heterocycles. The molecule has 1 aliphatic rings. The first-order valence-corrected chi connectivity index (χ1v) is 5.67. The Kier molecular flexibility index (Phi) is 2.74. The Labute approximate surface area is 100 Å². The first-order chi connectivity index (χ1) is 7.94. The van der Waals surface area contributed by atoms with Crippen molar-refractivity contribution in [3.63, 3.8) is 0 Å². The van der Waals surface area contributed by atoms with Gasteiger partial charge in [0.25, 0.3) is 0 Å². The van der Waals surface area contributed by atoms with Crippen molar-refractivity contribution >= 4 is 5.78 Å². The Bertz CT molecular complexity index is 513. The number of hydrogen-bond acceptors (Lipinski definition) is 2. The number of nitrogens with zero attached hydrogens (tertiary/aromatic N) is 1. The summed E-state index contributed by atoms with van der Waals surface area (Å²) in [6, 6.07) is 6.38. The Hall–Kier alpha value is -1.69. The zero-order valence-corrected chi connectivity index (χ0v) is 9.96. The lowest BCUT2D eigenvalue weighted by Gasteiger charge is -2.16. The molecule has 0 aromatic heterocycles. The minimum absolute atomic E-state index is 0.0507. The summed E-state index contributed by atoms with van der Waals surface area (Å²) in [5.41, 5.74) is 0.517. The molecular weight excluding hydrogens is 217 g/mol. The molecule has 0 unspecified atom stereocenters. The number of carbonyl (C=O) groups excluding carboxylic acids is 1. The molecule has 88 valence electrons. The lowest BCUT2D eigenvalue weighted by atomic mass is 9.88. The summed E-state index contributed by atoms with van der Waals surface area (Å²) in [6.45, 7) is 3.80. The van der Waals surface area contributed by atoms with Crippen LogP contribution in [-0.2, 0) is 4.79 Å². The number of nitriles is 1. The number of carbonyl (C=O) groups is 1. The standard InChI is InChI=1S/C14H14FNO/c1-14(2)7-10(6-13(14)17)11-4-3-9(8-16)5-12(11)15/h3-5,10H,6-7H2,1-2H3/t10-/m0/s1. The molecule has 2 rings (SSSR count).